The number of methoxy groups -OCH3 is 1. The second kappa shape index (κ2) is 8.66. The van der Waals surface area contributed by atoms with Gasteiger partial charge in [0.25, 0.3) is 5.91 Å². The number of amides is 1. The molecule has 0 aliphatic carbocycles. The predicted molar refractivity (Wildman–Crippen MR) is 132 cm³/mol. The van der Waals surface area contributed by atoms with E-state index in [1.807, 2.05) is 6.92 Å². The second-order valence-electron chi connectivity index (χ2n) is 8.06. The lowest BCUT2D eigenvalue weighted by Crippen LogP contribution is -2.29. The zero-order valence-electron chi connectivity index (χ0n) is 19.6. The number of nitrogens with zero attached hydrogens (tertiary/aromatic N) is 2. The van der Waals surface area contributed by atoms with Gasteiger partial charge in [0.1, 0.15) is 5.58 Å². The summed E-state index contributed by atoms with van der Waals surface area (Å²) in [7, 11) is 1.53. The molecule has 2 aromatic heterocycles. The summed E-state index contributed by atoms with van der Waals surface area (Å²) < 4.78 is 17.1. The monoisotopic (exact) mass is 490 g/mol. The van der Waals surface area contributed by atoms with Gasteiger partial charge in [0.15, 0.2) is 27.8 Å². The summed E-state index contributed by atoms with van der Waals surface area (Å²) in [6.07, 6.45) is 0. The number of hydrogen-bond donors (Lipinski definition) is 0. The first-order valence-corrected chi connectivity index (χ1v) is 11.9. The Bertz CT molecular complexity index is 1550. The number of para-hydroxylation sites is 1. The molecule has 0 N–H and O–H groups in total. The van der Waals surface area contributed by atoms with Crippen LogP contribution in [0, 0.1) is 6.92 Å². The Morgan fingerprint density at radius 2 is 1.94 bits per heavy atom. The average Bonchev–Trinajstić information content (AvgIpc) is 3.37. The Morgan fingerprint density at radius 3 is 2.63 bits per heavy atom. The Balaban J connectivity index is 1.78. The number of rotatable bonds is 6. The molecule has 0 spiro atoms. The van der Waals surface area contributed by atoms with E-state index in [9.17, 15) is 14.4 Å². The number of carbonyl (C=O) groups excluding carboxylic acids is 2. The molecule has 0 radical (unpaired) electrons. The lowest BCUT2D eigenvalue weighted by molar-refractivity contribution is 0.0969. The molecular formula is C26H22N2O6S. The third-order valence-corrected chi connectivity index (χ3v) is 7.15. The molecule has 1 atom stereocenters. The standard InChI is InChI=1S/C26H22N2O6S/c1-5-33-18-11-10-15(12-19(18)32-4)21-20-22(30)16-8-6-7-9-17(16)34-23(20)25(31)28(21)26-27-13(2)24(35-26)14(3)29/h6-12,21H,5H2,1-4H3. The van der Waals surface area contributed by atoms with Crippen molar-refractivity contribution in [3.8, 4) is 11.5 Å². The number of Topliss-reactive ketones (excluding diaryl/α,β-unsaturated/α-hetero) is 1. The minimum absolute atomic E-state index is 0.0382. The number of hydrogen-bond acceptors (Lipinski definition) is 8. The average molecular weight is 491 g/mol. The minimum atomic E-state index is -0.826. The maximum Gasteiger partial charge on any atom is 0.297 e. The second-order valence-corrected chi connectivity index (χ2v) is 9.04. The smallest absolute Gasteiger partial charge is 0.297 e. The van der Waals surface area contributed by atoms with Crippen LogP contribution in [0.1, 0.15) is 56.9 Å². The summed E-state index contributed by atoms with van der Waals surface area (Å²) in [6.45, 7) is 5.50. The fourth-order valence-electron chi connectivity index (χ4n) is 4.37. The lowest BCUT2D eigenvalue weighted by Gasteiger charge is -2.23. The summed E-state index contributed by atoms with van der Waals surface area (Å²) in [5.74, 6) is 0.336. The normalized spacial score (nSPS) is 14.9. The van der Waals surface area contributed by atoms with Gasteiger partial charge in [-0.05, 0) is 43.7 Å². The quantitative estimate of drug-likeness (QED) is 0.354. The van der Waals surface area contributed by atoms with Gasteiger partial charge in [-0.25, -0.2) is 4.98 Å². The van der Waals surface area contributed by atoms with Gasteiger partial charge in [-0.2, -0.15) is 0 Å². The highest BCUT2D eigenvalue weighted by Gasteiger charge is 2.45. The third kappa shape index (κ3) is 3.59. The summed E-state index contributed by atoms with van der Waals surface area (Å²) in [5.41, 5.74) is 1.40. The largest absolute Gasteiger partial charge is 0.493 e. The van der Waals surface area contributed by atoms with E-state index in [1.165, 1.54) is 18.9 Å². The maximum atomic E-state index is 13.7. The molecule has 2 aromatic carbocycles. The van der Waals surface area contributed by atoms with Crippen molar-refractivity contribution in [1.29, 1.82) is 0 Å². The zero-order chi connectivity index (χ0) is 24.9. The Labute approximate surface area is 204 Å². The van der Waals surface area contributed by atoms with Gasteiger partial charge in [-0.15, -0.1) is 0 Å². The molecule has 35 heavy (non-hydrogen) atoms. The van der Waals surface area contributed by atoms with Crippen LogP contribution in [0.3, 0.4) is 0 Å². The van der Waals surface area contributed by atoms with Crippen LogP contribution >= 0.6 is 11.3 Å². The number of ketones is 1. The van der Waals surface area contributed by atoms with Gasteiger partial charge >= 0.3 is 0 Å². The van der Waals surface area contributed by atoms with Crippen molar-refractivity contribution >= 4 is 39.1 Å². The van der Waals surface area contributed by atoms with Gasteiger partial charge in [0.05, 0.1) is 41.3 Å². The summed E-state index contributed by atoms with van der Waals surface area (Å²) in [4.78, 5) is 45.9. The van der Waals surface area contributed by atoms with Gasteiger partial charge in [-0.3, -0.25) is 19.3 Å². The molecular weight excluding hydrogens is 468 g/mol. The molecule has 178 valence electrons. The van der Waals surface area contributed by atoms with E-state index in [0.717, 1.165) is 11.3 Å². The van der Waals surface area contributed by atoms with Gasteiger partial charge < -0.3 is 13.9 Å². The number of carbonyl (C=O) groups is 2. The highest BCUT2D eigenvalue weighted by atomic mass is 32.1. The van der Waals surface area contributed by atoms with Gasteiger partial charge in [0.2, 0.25) is 5.76 Å². The van der Waals surface area contributed by atoms with Crippen molar-refractivity contribution in [2.24, 2.45) is 0 Å². The van der Waals surface area contributed by atoms with Gasteiger partial charge in [-0.1, -0.05) is 29.5 Å². The summed E-state index contributed by atoms with van der Waals surface area (Å²) >= 11 is 1.11. The van der Waals surface area contributed by atoms with Crippen LogP contribution < -0.4 is 19.8 Å². The first-order chi connectivity index (χ1) is 16.8. The Morgan fingerprint density at radius 1 is 1.17 bits per heavy atom. The topological polar surface area (TPSA) is 98.9 Å². The number of thiazole rings is 1. The van der Waals surface area contributed by atoms with Crippen molar-refractivity contribution in [1.82, 2.24) is 4.98 Å². The number of anilines is 1. The van der Waals surface area contributed by atoms with Crippen molar-refractivity contribution in [2.75, 3.05) is 18.6 Å². The molecule has 1 aliphatic heterocycles. The van der Waals surface area contributed by atoms with Crippen LogP contribution in [0.2, 0.25) is 0 Å². The molecule has 1 amide bonds. The highest BCUT2D eigenvalue weighted by Crippen LogP contribution is 2.44. The van der Waals surface area contributed by atoms with Crippen LogP contribution in [0.4, 0.5) is 5.13 Å². The number of ether oxygens (including phenoxy) is 2. The molecule has 4 aromatic rings. The number of benzene rings is 2. The molecule has 0 saturated carbocycles. The molecule has 8 nitrogen and oxygen atoms in total. The van der Waals surface area contributed by atoms with E-state index in [-0.39, 0.29) is 22.5 Å². The number of aryl methyl sites for hydroxylation is 1. The van der Waals surface area contributed by atoms with Crippen molar-refractivity contribution in [2.45, 2.75) is 26.8 Å². The van der Waals surface area contributed by atoms with E-state index in [0.29, 0.717) is 50.3 Å². The van der Waals surface area contributed by atoms with Crippen LogP contribution in [-0.2, 0) is 0 Å². The van der Waals surface area contributed by atoms with Crippen LogP contribution in [-0.4, -0.2) is 30.4 Å². The Kier molecular flexibility index (Phi) is 5.64. The third-order valence-electron chi connectivity index (χ3n) is 5.89. The first-order valence-electron chi connectivity index (χ1n) is 11.0. The van der Waals surface area contributed by atoms with E-state index >= 15 is 0 Å². The number of fused-ring (bicyclic) bond motifs is 2. The molecule has 0 bridgehead atoms. The molecule has 9 heteroatoms. The molecule has 0 fully saturated rings. The summed E-state index contributed by atoms with van der Waals surface area (Å²) in [5, 5.41) is 0.689. The molecule has 1 aliphatic rings. The fraction of sp³-hybridized carbons (Fsp3) is 0.231. The fourth-order valence-corrected chi connectivity index (χ4v) is 5.36. The Hall–Kier alpha value is -3.98. The minimum Gasteiger partial charge on any atom is -0.493 e. The van der Waals surface area contributed by atoms with Crippen LogP contribution in [0.15, 0.2) is 51.7 Å². The molecule has 0 saturated heterocycles. The van der Waals surface area contributed by atoms with Gasteiger partial charge in [0, 0.05) is 6.92 Å². The SMILES string of the molecule is CCOc1ccc(C2c3c(oc4ccccc4c3=O)C(=O)N2c2nc(C)c(C(C)=O)s2)cc1OC. The highest BCUT2D eigenvalue weighted by molar-refractivity contribution is 7.17. The predicted octanol–water partition coefficient (Wildman–Crippen LogP) is 4.92. The van der Waals surface area contributed by atoms with Crippen molar-refractivity contribution < 1.29 is 23.5 Å². The van der Waals surface area contributed by atoms with Crippen LogP contribution in [0.5, 0.6) is 11.5 Å². The maximum absolute atomic E-state index is 13.7. The molecule has 1 unspecified atom stereocenters. The summed E-state index contributed by atoms with van der Waals surface area (Å²) in [6, 6.07) is 11.3. The van der Waals surface area contributed by atoms with E-state index in [2.05, 4.69) is 4.98 Å². The lowest BCUT2D eigenvalue weighted by atomic mass is 9.98. The van der Waals surface area contributed by atoms with Crippen molar-refractivity contribution in [3.05, 3.63) is 80.1 Å². The van der Waals surface area contributed by atoms with E-state index < -0.39 is 11.9 Å². The van der Waals surface area contributed by atoms with E-state index in [4.69, 9.17) is 13.9 Å². The first kappa shape index (κ1) is 22.8. The van der Waals surface area contributed by atoms with Crippen molar-refractivity contribution in [3.63, 3.8) is 0 Å². The van der Waals surface area contributed by atoms with Crippen LogP contribution in [0.25, 0.3) is 11.0 Å². The molecule has 3 heterocycles. The zero-order valence-corrected chi connectivity index (χ0v) is 20.4. The number of aromatic nitrogens is 1. The van der Waals surface area contributed by atoms with E-state index in [1.54, 1.807) is 49.4 Å². The molecule has 5 rings (SSSR count).